The zero-order chi connectivity index (χ0) is 18.2. The molecule has 4 nitrogen and oxygen atoms in total. The fourth-order valence-electron chi connectivity index (χ4n) is 2.96. The maximum atomic E-state index is 12.4. The third kappa shape index (κ3) is 5.05. The monoisotopic (exact) mass is 341 g/mol. The van der Waals surface area contributed by atoms with Crippen LogP contribution in [0.4, 0.5) is 0 Å². The topological polar surface area (TPSA) is 42.2 Å². The highest BCUT2D eigenvalue weighted by molar-refractivity contribution is 5.78. The minimum absolute atomic E-state index is 0.0103. The second-order valence-electron chi connectivity index (χ2n) is 6.33. The quantitative estimate of drug-likeness (QED) is 0.743. The molecular weight excluding hydrogens is 312 g/mol. The molecule has 0 saturated carbocycles. The van der Waals surface area contributed by atoms with Gasteiger partial charge in [-0.15, -0.1) is 0 Å². The summed E-state index contributed by atoms with van der Waals surface area (Å²) < 4.78 is 7.10. The lowest BCUT2D eigenvalue weighted by atomic mass is 9.95. The molecule has 25 heavy (non-hydrogen) atoms. The summed E-state index contributed by atoms with van der Waals surface area (Å²) in [5.41, 5.74) is 2.39. The number of hydrogen-bond donors (Lipinski definition) is 1. The summed E-state index contributed by atoms with van der Waals surface area (Å²) in [7, 11) is 1.64. The first kappa shape index (κ1) is 19.0. The van der Waals surface area contributed by atoms with E-state index in [1.165, 1.54) is 5.56 Å². The molecule has 0 aliphatic rings. The number of ether oxygens (including phenoxy) is 1. The lowest BCUT2D eigenvalue weighted by Crippen LogP contribution is -2.46. The molecule has 1 aromatic heterocycles. The number of pyridine rings is 1. The Bertz CT molecular complexity index is 661. The second kappa shape index (κ2) is 9.21. The Kier molecular flexibility index (Phi) is 6.99. The maximum Gasteiger partial charge on any atom is 0.289 e. The third-order valence-electron chi connectivity index (χ3n) is 4.79. The van der Waals surface area contributed by atoms with Gasteiger partial charge in [0, 0.05) is 25.6 Å². The number of nitrogens with one attached hydrogen (secondary N) is 1. The van der Waals surface area contributed by atoms with Gasteiger partial charge in [-0.2, -0.15) is 4.57 Å². The standard InChI is InChI=1S/C21H28N2O2/c1-5-18(6-2)19-11-13-23(14-12-19)16(3)21(24)22-15-17-7-9-20(25-4)10-8-17/h7-14,16,18H,5-6,15H2,1-4H3/p+1/t16-/m1/s1. The largest absolute Gasteiger partial charge is 0.497 e. The summed E-state index contributed by atoms with van der Waals surface area (Å²) in [5, 5.41) is 2.99. The van der Waals surface area contributed by atoms with Crippen molar-refractivity contribution in [3.05, 3.63) is 59.9 Å². The average molecular weight is 341 g/mol. The lowest BCUT2D eigenvalue weighted by molar-refractivity contribution is -0.706. The molecule has 1 aromatic carbocycles. The highest BCUT2D eigenvalue weighted by Gasteiger charge is 2.21. The number of nitrogens with zero attached hydrogens (tertiary/aromatic N) is 1. The predicted octanol–water partition coefficient (Wildman–Crippen LogP) is 3.76. The van der Waals surface area contributed by atoms with E-state index in [-0.39, 0.29) is 11.9 Å². The van der Waals surface area contributed by atoms with Gasteiger partial charge in [0.15, 0.2) is 12.4 Å². The SMILES string of the molecule is CCC(CC)c1cc[n+]([C@H](C)C(=O)NCc2ccc(OC)cc2)cc1. The Morgan fingerprint density at radius 2 is 1.68 bits per heavy atom. The maximum absolute atomic E-state index is 12.4. The van der Waals surface area contributed by atoms with Crippen molar-refractivity contribution < 1.29 is 14.1 Å². The molecule has 0 radical (unpaired) electrons. The molecule has 4 heteroatoms. The van der Waals surface area contributed by atoms with Gasteiger partial charge in [0.2, 0.25) is 6.04 Å². The average Bonchev–Trinajstić information content (AvgIpc) is 2.67. The molecule has 1 heterocycles. The van der Waals surface area contributed by atoms with Crippen LogP contribution in [-0.2, 0) is 11.3 Å². The van der Waals surface area contributed by atoms with Crippen LogP contribution in [0, 0.1) is 0 Å². The Hall–Kier alpha value is -2.36. The van der Waals surface area contributed by atoms with Crippen LogP contribution in [0.2, 0.25) is 0 Å². The van der Waals surface area contributed by atoms with Gasteiger partial charge in [-0.25, -0.2) is 0 Å². The van der Waals surface area contributed by atoms with E-state index in [9.17, 15) is 4.79 Å². The van der Waals surface area contributed by atoms with E-state index in [1.54, 1.807) is 7.11 Å². The van der Waals surface area contributed by atoms with E-state index in [0.29, 0.717) is 12.5 Å². The first-order valence-corrected chi connectivity index (χ1v) is 9.00. The summed E-state index contributed by atoms with van der Waals surface area (Å²) in [6, 6.07) is 11.7. The molecule has 0 aliphatic carbocycles. The lowest BCUT2D eigenvalue weighted by Gasteiger charge is -2.13. The van der Waals surface area contributed by atoms with E-state index in [0.717, 1.165) is 24.2 Å². The smallest absolute Gasteiger partial charge is 0.289 e. The summed E-state index contributed by atoms with van der Waals surface area (Å²) in [5.74, 6) is 1.42. The minimum Gasteiger partial charge on any atom is -0.497 e. The molecule has 0 bridgehead atoms. The Morgan fingerprint density at radius 1 is 1.08 bits per heavy atom. The molecule has 0 spiro atoms. The predicted molar refractivity (Wildman–Crippen MR) is 99.5 cm³/mol. The zero-order valence-electron chi connectivity index (χ0n) is 15.7. The number of amides is 1. The number of benzene rings is 1. The summed E-state index contributed by atoms with van der Waals surface area (Å²) in [4.78, 5) is 12.4. The van der Waals surface area contributed by atoms with Gasteiger partial charge in [0.1, 0.15) is 5.75 Å². The molecule has 2 rings (SSSR count). The number of aromatic nitrogens is 1. The highest BCUT2D eigenvalue weighted by atomic mass is 16.5. The van der Waals surface area contributed by atoms with E-state index in [1.807, 2.05) is 48.1 Å². The summed E-state index contributed by atoms with van der Waals surface area (Å²) in [6.07, 6.45) is 6.29. The van der Waals surface area contributed by atoms with Crippen LogP contribution >= 0.6 is 0 Å². The van der Waals surface area contributed by atoms with Crippen LogP contribution in [0.15, 0.2) is 48.8 Å². The van der Waals surface area contributed by atoms with Gasteiger partial charge in [0.25, 0.3) is 5.91 Å². The van der Waals surface area contributed by atoms with Gasteiger partial charge >= 0.3 is 0 Å². The van der Waals surface area contributed by atoms with E-state index in [4.69, 9.17) is 4.74 Å². The molecule has 1 atom stereocenters. The van der Waals surface area contributed by atoms with E-state index in [2.05, 4.69) is 31.3 Å². The number of rotatable bonds is 8. The number of methoxy groups -OCH3 is 1. The van der Waals surface area contributed by atoms with Crippen molar-refractivity contribution in [2.45, 2.75) is 52.1 Å². The molecule has 1 N–H and O–H groups in total. The molecule has 2 aromatic rings. The fraction of sp³-hybridized carbons (Fsp3) is 0.429. The van der Waals surface area contributed by atoms with Gasteiger partial charge in [0.05, 0.1) is 7.11 Å². The first-order chi connectivity index (χ1) is 12.1. The Labute approximate surface area is 150 Å². The van der Waals surface area contributed by atoms with Crippen LogP contribution in [0.1, 0.15) is 56.7 Å². The van der Waals surface area contributed by atoms with Crippen molar-refractivity contribution in [1.82, 2.24) is 5.32 Å². The molecule has 134 valence electrons. The van der Waals surface area contributed by atoms with Crippen molar-refractivity contribution >= 4 is 5.91 Å². The molecule has 1 amide bonds. The van der Waals surface area contributed by atoms with E-state index < -0.39 is 0 Å². The van der Waals surface area contributed by atoms with Gasteiger partial charge in [-0.05, 0) is 42.0 Å². The normalized spacial score (nSPS) is 12.0. The van der Waals surface area contributed by atoms with Gasteiger partial charge in [-0.1, -0.05) is 26.0 Å². The first-order valence-electron chi connectivity index (χ1n) is 9.00. The molecule has 0 unspecified atom stereocenters. The molecule has 0 aliphatic heterocycles. The zero-order valence-corrected chi connectivity index (χ0v) is 15.7. The Balaban J connectivity index is 1.94. The third-order valence-corrected chi connectivity index (χ3v) is 4.79. The Morgan fingerprint density at radius 3 is 2.20 bits per heavy atom. The van der Waals surface area contributed by atoms with Crippen molar-refractivity contribution in [3.8, 4) is 5.75 Å². The van der Waals surface area contributed by atoms with Crippen LogP contribution in [0.5, 0.6) is 5.75 Å². The van der Waals surface area contributed by atoms with E-state index >= 15 is 0 Å². The number of carbonyl (C=O) groups excluding carboxylic acids is 1. The highest BCUT2D eigenvalue weighted by Crippen LogP contribution is 2.21. The molecule has 0 fully saturated rings. The van der Waals surface area contributed by atoms with Crippen LogP contribution in [0.25, 0.3) is 0 Å². The molecule has 0 saturated heterocycles. The van der Waals surface area contributed by atoms with Gasteiger partial charge < -0.3 is 10.1 Å². The minimum atomic E-state index is -0.242. The van der Waals surface area contributed by atoms with Crippen LogP contribution in [-0.4, -0.2) is 13.0 Å². The fourth-order valence-corrected chi connectivity index (χ4v) is 2.96. The van der Waals surface area contributed by atoms with Gasteiger partial charge in [-0.3, -0.25) is 4.79 Å². The van der Waals surface area contributed by atoms with Crippen molar-refractivity contribution in [2.75, 3.05) is 7.11 Å². The summed E-state index contributed by atoms with van der Waals surface area (Å²) in [6.45, 7) is 6.86. The van der Waals surface area contributed by atoms with Crippen molar-refractivity contribution in [1.29, 1.82) is 0 Å². The van der Waals surface area contributed by atoms with Crippen LogP contribution < -0.4 is 14.6 Å². The molecular formula is C21H29N2O2+. The van der Waals surface area contributed by atoms with Crippen LogP contribution in [0.3, 0.4) is 0 Å². The number of hydrogen-bond acceptors (Lipinski definition) is 2. The van der Waals surface area contributed by atoms with Crippen molar-refractivity contribution in [2.24, 2.45) is 0 Å². The van der Waals surface area contributed by atoms with Crippen molar-refractivity contribution in [3.63, 3.8) is 0 Å². The second-order valence-corrected chi connectivity index (χ2v) is 6.33. The summed E-state index contributed by atoms with van der Waals surface area (Å²) >= 11 is 0. The number of carbonyl (C=O) groups is 1.